The highest BCUT2D eigenvalue weighted by atomic mass is 19.1. The Kier molecular flexibility index (Phi) is 8.42. The molecule has 1 aliphatic rings. The van der Waals surface area contributed by atoms with E-state index >= 15 is 0 Å². The summed E-state index contributed by atoms with van der Waals surface area (Å²) in [5, 5.41) is 12.5. The van der Waals surface area contributed by atoms with Crippen LogP contribution in [0.3, 0.4) is 0 Å². The predicted molar refractivity (Wildman–Crippen MR) is 106 cm³/mol. The first-order chi connectivity index (χ1) is 13.6. The lowest BCUT2D eigenvalue weighted by atomic mass is 10.1. The van der Waals surface area contributed by atoms with Gasteiger partial charge in [0.15, 0.2) is 0 Å². The van der Waals surface area contributed by atoms with Crippen LogP contribution < -0.4 is 10.6 Å². The number of likely N-dealkylation sites (tertiary alicyclic amines) is 1. The maximum absolute atomic E-state index is 12.8. The molecule has 0 unspecified atom stereocenters. The maximum atomic E-state index is 12.8. The number of rotatable bonds is 5. The van der Waals surface area contributed by atoms with Crippen molar-refractivity contribution in [3.8, 4) is 0 Å². The molecule has 2 aromatic rings. The van der Waals surface area contributed by atoms with E-state index in [1.165, 1.54) is 12.1 Å². The second-order valence-electron chi connectivity index (χ2n) is 6.40. The van der Waals surface area contributed by atoms with Gasteiger partial charge in [-0.15, -0.1) is 0 Å². The zero-order chi connectivity index (χ0) is 20.4. The zero-order valence-electron chi connectivity index (χ0n) is 16.0. The van der Waals surface area contributed by atoms with Gasteiger partial charge < -0.3 is 20.6 Å². The molecule has 0 radical (unpaired) electrons. The topological polar surface area (TPSA) is 81.7 Å². The van der Waals surface area contributed by atoms with Gasteiger partial charge in [-0.1, -0.05) is 24.3 Å². The van der Waals surface area contributed by atoms with Gasteiger partial charge in [0, 0.05) is 32.4 Å². The number of aliphatic hydroxyl groups excluding tert-OH is 1. The third-order valence-corrected chi connectivity index (χ3v) is 4.39. The summed E-state index contributed by atoms with van der Waals surface area (Å²) < 4.78 is 12.8. The molecule has 0 spiro atoms. The van der Waals surface area contributed by atoms with Crippen molar-refractivity contribution in [2.75, 3.05) is 25.5 Å². The van der Waals surface area contributed by atoms with Gasteiger partial charge in [0.05, 0.1) is 6.42 Å². The Labute approximate surface area is 164 Å². The third kappa shape index (κ3) is 6.66. The summed E-state index contributed by atoms with van der Waals surface area (Å²) >= 11 is 0. The van der Waals surface area contributed by atoms with Gasteiger partial charge in [-0.25, -0.2) is 9.18 Å². The van der Waals surface area contributed by atoms with Crippen molar-refractivity contribution >= 4 is 17.6 Å². The summed E-state index contributed by atoms with van der Waals surface area (Å²) in [6, 6.07) is 12.9. The molecule has 3 rings (SSSR count). The Morgan fingerprint density at radius 3 is 2.14 bits per heavy atom. The molecule has 1 saturated heterocycles. The van der Waals surface area contributed by atoms with Crippen molar-refractivity contribution in [2.45, 2.75) is 25.8 Å². The molecule has 3 N–H and O–H groups in total. The fraction of sp³-hybridized carbons (Fsp3) is 0.333. The summed E-state index contributed by atoms with van der Waals surface area (Å²) in [5.74, 6) is -0.151. The molecule has 150 valence electrons. The normalized spacial score (nSPS) is 12.8. The number of hydrogen-bond acceptors (Lipinski definition) is 3. The van der Waals surface area contributed by atoms with Crippen LogP contribution in [0.2, 0.25) is 0 Å². The Balaban J connectivity index is 0.00000136. The molecule has 0 aliphatic carbocycles. The van der Waals surface area contributed by atoms with Gasteiger partial charge in [-0.3, -0.25) is 4.79 Å². The summed E-state index contributed by atoms with van der Waals surface area (Å²) in [6.07, 6.45) is 2.56. The van der Waals surface area contributed by atoms with E-state index < -0.39 is 0 Å². The summed E-state index contributed by atoms with van der Waals surface area (Å²) in [6.45, 7) is 2.02. The molecule has 0 atom stereocenters. The number of hydrogen-bond donors (Lipinski definition) is 3. The second-order valence-corrected chi connectivity index (χ2v) is 6.40. The van der Waals surface area contributed by atoms with Gasteiger partial charge in [-0.2, -0.15) is 0 Å². The van der Waals surface area contributed by atoms with Crippen molar-refractivity contribution < 1.29 is 19.1 Å². The number of amides is 3. The average Bonchev–Trinajstić information content (AvgIpc) is 3.26. The highest BCUT2D eigenvalue weighted by molar-refractivity contribution is 5.89. The molecule has 1 heterocycles. The van der Waals surface area contributed by atoms with Crippen LogP contribution in [-0.4, -0.2) is 42.1 Å². The quantitative estimate of drug-likeness (QED) is 0.738. The van der Waals surface area contributed by atoms with Crippen LogP contribution in [0.4, 0.5) is 14.9 Å². The van der Waals surface area contributed by atoms with Crippen molar-refractivity contribution in [3.05, 3.63) is 65.5 Å². The molecule has 28 heavy (non-hydrogen) atoms. The van der Waals surface area contributed by atoms with Gasteiger partial charge in [-0.05, 0) is 48.2 Å². The fourth-order valence-electron chi connectivity index (χ4n) is 2.92. The Hall–Kier alpha value is -2.93. The molecule has 0 aromatic heterocycles. The van der Waals surface area contributed by atoms with Gasteiger partial charge in [0.1, 0.15) is 5.82 Å². The van der Waals surface area contributed by atoms with E-state index in [4.69, 9.17) is 5.11 Å². The molecule has 1 fully saturated rings. The average molecular weight is 387 g/mol. The van der Waals surface area contributed by atoms with Crippen molar-refractivity contribution in [1.82, 2.24) is 10.2 Å². The van der Waals surface area contributed by atoms with Crippen LogP contribution >= 0.6 is 0 Å². The first kappa shape index (κ1) is 21.4. The Bertz CT molecular complexity index is 757. The molecule has 3 amide bonds. The molecule has 6 nitrogen and oxygen atoms in total. The van der Waals surface area contributed by atoms with E-state index in [1.54, 1.807) is 24.3 Å². The first-order valence-corrected chi connectivity index (χ1v) is 9.21. The molecule has 2 aromatic carbocycles. The van der Waals surface area contributed by atoms with Crippen LogP contribution in [0.1, 0.15) is 24.0 Å². The summed E-state index contributed by atoms with van der Waals surface area (Å²) in [4.78, 5) is 26.0. The fourth-order valence-corrected chi connectivity index (χ4v) is 2.92. The van der Waals surface area contributed by atoms with Crippen LogP contribution in [0.15, 0.2) is 48.5 Å². The van der Waals surface area contributed by atoms with Crippen LogP contribution in [0, 0.1) is 5.82 Å². The lowest BCUT2D eigenvalue weighted by Gasteiger charge is -2.15. The van der Waals surface area contributed by atoms with Gasteiger partial charge in [0.25, 0.3) is 0 Å². The molecule has 0 bridgehead atoms. The smallest absolute Gasteiger partial charge is 0.319 e. The Morgan fingerprint density at radius 1 is 0.964 bits per heavy atom. The standard InChI is InChI=1S/C20H22FN3O2.CH4O/c21-17-7-3-16(4-8-17)14-22-20(26)23-18-9-5-15(6-10-18)13-19(25)24-11-1-2-12-24;1-2/h3-10H,1-2,11-14H2,(H2,22,23,26);2H,1H3. The minimum atomic E-state index is -0.338. The summed E-state index contributed by atoms with van der Waals surface area (Å²) in [5.41, 5.74) is 2.40. The maximum Gasteiger partial charge on any atom is 0.319 e. The predicted octanol–water partition coefficient (Wildman–Crippen LogP) is 2.92. The lowest BCUT2D eigenvalue weighted by Crippen LogP contribution is -2.29. The second kappa shape index (κ2) is 11.0. The number of halogens is 1. The number of carbonyl (C=O) groups is 2. The zero-order valence-corrected chi connectivity index (χ0v) is 16.0. The number of nitrogens with one attached hydrogen (secondary N) is 2. The van der Waals surface area contributed by atoms with Crippen LogP contribution in [0.5, 0.6) is 0 Å². The number of nitrogens with zero attached hydrogens (tertiary/aromatic N) is 1. The minimum absolute atomic E-state index is 0.153. The van der Waals surface area contributed by atoms with E-state index in [-0.39, 0.29) is 17.8 Å². The van der Waals surface area contributed by atoms with Crippen molar-refractivity contribution in [2.24, 2.45) is 0 Å². The largest absolute Gasteiger partial charge is 0.400 e. The SMILES string of the molecule is CO.O=C(NCc1ccc(F)cc1)Nc1ccc(CC(=O)N2CCCC2)cc1. The molecule has 1 aliphatic heterocycles. The number of carbonyl (C=O) groups excluding carboxylic acids is 2. The van der Waals surface area contributed by atoms with E-state index in [2.05, 4.69) is 10.6 Å². The molecular formula is C21H26FN3O3. The monoisotopic (exact) mass is 387 g/mol. The Morgan fingerprint density at radius 2 is 1.54 bits per heavy atom. The number of anilines is 1. The highest BCUT2D eigenvalue weighted by Gasteiger charge is 2.17. The van der Waals surface area contributed by atoms with Crippen molar-refractivity contribution in [3.63, 3.8) is 0 Å². The van der Waals surface area contributed by atoms with Crippen molar-refractivity contribution in [1.29, 1.82) is 0 Å². The minimum Gasteiger partial charge on any atom is -0.400 e. The van der Waals surface area contributed by atoms with E-state index in [0.29, 0.717) is 18.7 Å². The molecule has 0 saturated carbocycles. The van der Waals surface area contributed by atoms with Gasteiger partial charge in [0.2, 0.25) is 5.91 Å². The number of aliphatic hydroxyl groups is 1. The van der Waals surface area contributed by atoms with Gasteiger partial charge >= 0.3 is 6.03 Å². The summed E-state index contributed by atoms with van der Waals surface area (Å²) in [7, 11) is 1.00. The number of benzene rings is 2. The first-order valence-electron chi connectivity index (χ1n) is 9.21. The van der Waals surface area contributed by atoms with E-state index in [9.17, 15) is 14.0 Å². The third-order valence-electron chi connectivity index (χ3n) is 4.39. The molecular weight excluding hydrogens is 361 g/mol. The van der Waals surface area contributed by atoms with Crippen LogP contribution in [-0.2, 0) is 17.8 Å². The lowest BCUT2D eigenvalue weighted by molar-refractivity contribution is -0.129. The van der Waals surface area contributed by atoms with Crippen LogP contribution in [0.25, 0.3) is 0 Å². The number of urea groups is 1. The molecule has 7 heteroatoms. The van der Waals surface area contributed by atoms with E-state index in [0.717, 1.165) is 44.2 Å². The highest BCUT2D eigenvalue weighted by Crippen LogP contribution is 2.13. The van der Waals surface area contributed by atoms with E-state index in [1.807, 2.05) is 17.0 Å².